The molecule has 0 radical (unpaired) electrons. The molecule has 2 N–H and O–H groups in total. The van der Waals surface area contributed by atoms with Crippen molar-refractivity contribution in [3.05, 3.63) is 59.9 Å². The third-order valence-electron chi connectivity index (χ3n) is 2.88. The third-order valence-corrected chi connectivity index (χ3v) is 2.88. The molecule has 2 rings (SSSR count). The van der Waals surface area contributed by atoms with Gasteiger partial charge in [0.05, 0.1) is 11.8 Å². The van der Waals surface area contributed by atoms with Gasteiger partial charge < -0.3 is 10.6 Å². The predicted octanol–water partition coefficient (Wildman–Crippen LogP) is 1.53. The van der Waals surface area contributed by atoms with Gasteiger partial charge in [0, 0.05) is 31.7 Å². The summed E-state index contributed by atoms with van der Waals surface area (Å²) in [6.07, 6.45) is 6.73. The van der Waals surface area contributed by atoms with Crippen molar-refractivity contribution in [3.8, 4) is 0 Å². The lowest BCUT2D eigenvalue weighted by molar-refractivity contribution is 0.0949. The summed E-state index contributed by atoms with van der Waals surface area (Å²) in [6.45, 7) is 1.98. The van der Waals surface area contributed by atoms with Gasteiger partial charge in [0.15, 0.2) is 5.82 Å². The fourth-order valence-corrected chi connectivity index (χ4v) is 1.81. The maximum atomic E-state index is 13.3. The summed E-state index contributed by atoms with van der Waals surface area (Å²) < 4.78 is 13.3. The second-order valence-electron chi connectivity index (χ2n) is 4.50. The number of carbonyl (C=O) groups is 1. The highest BCUT2D eigenvalue weighted by Gasteiger charge is 2.09. The predicted molar refractivity (Wildman–Crippen MR) is 77.1 cm³/mol. The molecule has 0 atom stereocenters. The van der Waals surface area contributed by atoms with Gasteiger partial charge in [-0.2, -0.15) is 0 Å². The summed E-state index contributed by atoms with van der Waals surface area (Å²) in [5.74, 6) is -1.02. The van der Waals surface area contributed by atoms with Crippen molar-refractivity contribution in [1.82, 2.24) is 20.6 Å². The minimum absolute atomic E-state index is 0.0216. The SMILES string of the molecule is O=C(NCCCNCc1cccnc1)c1ccncc1F. The molecular formula is C15H17FN4O. The summed E-state index contributed by atoms with van der Waals surface area (Å²) in [5, 5.41) is 5.93. The third kappa shape index (κ3) is 4.92. The van der Waals surface area contributed by atoms with Crippen molar-refractivity contribution in [1.29, 1.82) is 0 Å². The summed E-state index contributed by atoms with van der Waals surface area (Å²) in [6, 6.07) is 5.25. The number of halogens is 1. The highest BCUT2D eigenvalue weighted by molar-refractivity contribution is 5.94. The van der Waals surface area contributed by atoms with Crippen molar-refractivity contribution < 1.29 is 9.18 Å². The van der Waals surface area contributed by atoms with Gasteiger partial charge in [-0.25, -0.2) is 4.39 Å². The number of nitrogens with one attached hydrogen (secondary N) is 2. The van der Waals surface area contributed by atoms with Gasteiger partial charge >= 0.3 is 0 Å². The zero-order valence-electron chi connectivity index (χ0n) is 11.6. The van der Waals surface area contributed by atoms with Gasteiger partial charge in [-0.1, -0.05) is 6.07 Å². The van der Waals surface area contributed by atoms with Crippen LogP contribution in [-0.4, -0.2) is 29.0 Å². The Morgan fingerprint density at radius 1 is 1.14 bits per heavy atom. The van der Waals surface area contributed by atoms with Crippen molar-refractivity contribution in [3.63, 3.8) is 0 Å². The number of aromatic nitrogens is 2. The number of pyridine rings is 2. The first-order chi connectivity index (χ1) is 10.3. The highest BCUT2D eigenvalue weighted by atomic mass is 19.1. The molecule has 2 aromatic heterocycles. The lowest BCUT2D eigenvalue weighted by Gasteiger charge is -2.07. The Hall–Kier alpha value is -2.34. The zero-order chi connectivity index (χ0) is 14.9. The van der Waals surface area contributed by atoms with E-state index in [1.165, 1.54) is 12.3 Å². The molecule has 0 aliphatic heterocycles. The molecule has 0 aliphatic carbocycles. The smallest absolute Gasteiger partial charge is 0.254 e. The second-order valence-corrected chi connectivity index (χ2v) is 4.50. The molecule has 5 nitrogen and oxygen atoms in total. The molecule has 0 aliphatic rings. The first kappa shape index (κ1) is 15.1. The maximum absolute atomic E-state index is 13.3. The summed E-state index contributed by atoms with van der Waals surface area (Å²) in [7, 11) is 0. The molecule has 0 saturated carbocycles. The van der Waals surface area contributed by atoms with Crippen molar-refractivity contribution in [2.24, 2.45) is 0 Å². The number of amides is 1. The van der Waals surface area contributed by atoms with E-state index in [1.54, 1.807) is 12.4 Å². The normalized spacial score (nSPS) is 10.3. The number of hydrogen-bond donors (Lipinski definition) is 2. The van der Waals surface area contributed by atoms with Crippen LogP contribution < -0.4 is 10.6 Å². The molecular weight excluding hydrogens is 271 g/mol. The Morgan fingerprint density at radius 3 is 2.76 bits per heavy atom. The number of hydrogen-bond acceptors (Lipinski definition) is 4. The minimum atomic E-state index is -0.607. The quantitative estimate of drug-likeness (QED) is 0.758. The average Bonchev–Trinajstić information content (AvgIpc) is 2.52. The lowest BCUT2D eigenvalue weighted by Crippen LogP contribution is -2.28. The van der Waals surface area contributed by atoms with E-state index in [4.69, 9.17) is 0 Å². The van der Waals surface area contributed by atoms with Crippen molar-refractivity contribution in [2.75, 3.05) is 13.1 Å². The number of carbonyl (C=O) groups excluding carboxylic acids is 1. The Balaban J connectivity index is 1.62. The molecule has 0 unspecified atom stereocenters. The molecule has 0 bridgehead atoms. The van der Waals surface area contributed by atoms with E-state index in [0.717, 1.165) is 31.3 Å². The van der Waals surface area contributed by atoms with E-state index in [1.807, 2.05) is 12.1 Å². The van der Waals surface area contributed by atoms with E-state index < -0.39 is 11.7 Å². The van der Waals surface area contributed by atoms with Gasteiger partial charge in [0.25, 0.3) is 5.91 Å². The molecule has 0 saturated heterocycles. The van der Waals surface area contributed by atoms with Gasteiger partial charge in [-0.15, -0.1) is 0 Å². The van der Waals surface area contributed by atoms with Crippen LogP contribution in [0, 0.1) is 5.82 Å². The van der Waals surface area contributed by atoms with Crippen LogP contribution in [0.2, 0.25) is 0 Å². The lowest BCUT2D eigenvalue weighted by atomic mass is 10.2. The summed E-state index contributed by atoms with van der Waals surface area (Å²) in [5.41, 5.74) is 1.13. The molecule has 2 aromatic rings. The van der Waals surface area contributed by atoms with E-state index in [0.29, 0.717) is 6.54 Å². The fourth-order valence-electron chi connectivity index (χ4n) is 1.81. The van der Waals surface area contributed by atoms with Crippen LogP contribution in [-0.2, 0) is 6.54 Å². The summed E-state index contributed by atoms with van der Waals surface area (Å²) >= 11 is 0. The van der Waals surface area contributed by atoms with Crippen LogP contribution >= 0.6 is 0 Å². The maximum Gasteiger partial charge on any atom is 0.254 e. The molecule has 21 heavy (non-hydrogen) atoms. The molecule has 0 fully saturated rings. The first-order valence-corrected chi connectivity index (χ1v) is 6.74. The Morgan fingerprint density at radius 2 is 2.00 bits per heavy atom. The van der Waals surface area contributed by atoms with Crippen LogP contribution in [0.4, 0.5) is 4.39 Å². The topological polar surface area (TPSA) is 66.9 Å². The van der Waals surface area contributed by atoms with E-state index >= 15 is 0 Å². The van der Waals surface area contributed by atoms with Crippen LogP contribution in [0.3, 0.4) is 0 Å². The van der Waals surface area contributed by atoms with Gasteiger partial charge in [-0.05, 0) is 30.7 Å². The molecule has 0 aromatic carbocycles. The molecule has 0 spiro atoms. The molecule has 6 heteroatoms. The monoisotopic (exact) mass is 288 g/mol. The molecule has 2 heterocycles. The highest BCUT2D eigenvalue weighted by Crippen LogP contribution is 2.03. The second kappa shape index (κ2) is 8.06. The standard InChI is InChI=1S/C15H17FN4O/c16-14-11-19-8-4-13(14)15(21)20-7-2-6-18-10-12-3-1-5-17-9-12/h1,3-5,8-9,11,18H,2,6-7,10H2,(H,20,21). The van der Waals surface area contributed by atoms with E-state index in [-0.39, 0.29) is 5.56 Å². The Labute approximate surface area is 122 Å². The Bertz CT molecular complexity index is 577. The largest absolute Gasteiger partial charge is 0.352 e. The average molecular weight is 288 g/mol. The number of rotatable bonds is 7. The molecule has 1 amide bonds. The Kier molecular flexibility index (Phi) is 5.78. The van der Waals surface area contributed by atoms with E-state index in [9.17, 15) is 9.18 Å². The van der Waals surface area contributed by atoms with Crippen molar-refractivity contribution >= 4 is 5.91 Å². The molecule has 110 valence electrons. The summed E-state index contributed by atoms with van der Waals surface area (Å²) in [4.78, 5) is 19.3. The number of nitrogens with zero attached hydrogens (tertiary/aromatic N) is 2. The van der Waals surface area contributed by atoms with Gasteiger partial charge in [-0.3, -0.25) is 14.8 Å². The van der Waals surface area contributed by atoms with Crippen LogP contribution in [0.25, 0.3) is 0 Å². The first-order valence-electron chi connectivity index (χ1n) is 6.74. The van der Waals surface area contributed by atoms with Crippen LogP contribution in [0.5, 0.6) is 0 Å². The zero-order valence-corrected chi connectivity index (χ0v) is 11.6. The van der Waals surface area contributed by atoms with Crippen molar-refractivity contribution in [2.45, 2.75) is 13.0 Å². The van der Waals surface area contributed by atoms with Gasteiger partial charge in [0.2, 0.25) is 0 Å². The van der Waals surface area contributed by atoms with Gasteiger partial charge in [0.1, 0.15) is 0 Å². The minimum Gasteiger partial charge on any atom is -0.352 e. The van der Waals surface area contributed by atoms with Crippen LogP contribution in [0.1, 0.15) is 22.3 Å². The van der Waals surface area contributed by atoms with E-state index in [2.05, 4.69) is 20.6 Å². The fraction of sp³-hybridized carbons (Fsp3) is 0.267. The van der Waals surface area contributed by atoms with Crippen LogP contribution in [0.15, 0.2) is 43.0 Å².